The van der Waals surface area contributed by atoms with Crippen LogP contribution in [0.25, 0.3) is 10.2 Å². The third kappa shape index (κ3) is 3.46. The van der Waals surface area contributed by atoms with Gasteiger partial charge in [0.15, 0.2) is 5.13 Å². The average Bonchev–Trinajstić information content (AvgIpc) is 2.78. The Labute approximate surface area is 122 Å². The van der Waals surface area contributed by atoms with Crippen molar-refractivity contribution in [1.29, 1.82) is 0 Å². The lowest BCUT2D eigenvalue weighted by atomic mass is 10.2. The zero-order chi connectivity index (χ0) is 14.7. The molecule has 0 aliphatic heterocycles. The molecule has 1 aromatic heterocycles. The second-order valence-corrected chi connectivity index (χ2v) is 5.86. The normalized spacial score (nSPS) is 12.4. The SMILES string of the molecule is CCc1ccc2nc(NC(=O)N(C)CC(C)O)sc2c1. The number of aliphatic hydroxyl groups excluding tert-OH is 1. The summed E-state index contributed by atoms with van der Waals surface area (Å²) in [7, 11) is 1.64. The van der Waals surface area contributed by atoms with Crippen molar-refractivity contribution < 1.29 is 9.90 Å². The summed E-state index contributed by atoms with van der Waals surface area (Å²) in [5, 5.41) is 12.6. The number of aryl methyl sites for hydroxylation is 1. The molecule has 5 nitrogen and oxygen atoms in total. The topological polar surface area (TPSA) is 65.5 Å². The second-order valence-electron chi connectivity index (χ2n) is 4.83. The minimum atomic E-state index is -0.548. The third-order valence-corrected chi connectivity index (χ3v) is 3.89. The maximum Gasteiger partial charge on any atom is 0.323 e. The molecular weight excluding hydrogens is 274 g/mol. The number of likely N-dealkylation sites (N-methyl/N-ethyl adjacent to an activating group) is 1. The molecular formula is C14H19N3O2S. The van der Waals surface area contributed by atoms with Crippen LogP contribution in [0.4, 0.5) is 9.93 Å². The number of hydrogen-bond acceptors (Lipinski definition) is 4. The average molecular weight is 293 g/mol. The van der Waals surface area contributed by atoms with Crippen LogP contribution >= 0.6 is 11.3 Å². The molecule has 0 fully saturated rings. The van der Waals surface area contributed by atoms with Crippen molar-refractivity contribution in [2.75, 3.05) is 18.9 Å². The molecule has 0 radical (unpaired) electrons. The number of nitrogens with one attached hydrogen (secondary N) is 1. The maximum absolute atomic E-state index is 11.9. The number of rotatable bonds is 4. The van der Waals surface area contributed by atoms with E-state index in [0.29, 0.717) is 5.13 Å². The van der Waals surface area contributed by atoms with Crippen LogP contribution in [0.1, 0.15) is 19.4 Å². The molecule has 0 saturated carbocycles. The fourth-order valence-corrected chi connectivity index (χ4v) is 2.83. The van der Waals surface area contributed by atoms with E-state index in [1.165, 1.54) is 21.8 Å². The van der Waals surface area contributed by atoms with Crippen molar-refractivity contribution in [3.8, 4) is 0 Å². The molecule has 1 unspecified atom stereocenters. The molecule has 2 amide bonds. The Morgan fingerprint density at radius 2 is 2.30 bits per heavy atom. The third-order valence-electron chi connectivity index (χ3n) is 2.96. The van der Waals surface area contributed by atoms with Crippen LogP contribution in [-0.4, -0.2) is 40.7 Å². The van der Waals surface area contributed by atoms with Gasteiger partial charge in [0.25, 0.3) is 0 Å². The number of fused-ring (bicyclic) bond motifs is 1. The summed E-state index contributed by atoms with van der Waals surface area (Å²) in [5.41, 5.74) is 2.14. The highest BCUT2D eigenvalue weighted by atomic mass is 32.1. The first-order valence-corrected chi connectivity index (χ1v) is 7.41. The lowest BCUT2D eigenvalue weighted by molar-refractivity contribution is 0.149. The summed E-state index contributed by atoms with van der Waals surface area (Å²) >= 11 is 1.46. The molecule has 1 heterocycles. The smallest absolute Gasteiger partial charge is 0.323 e. The molecule has 0 spiro atoms. The van der Waals surface area contributed by atoms with Gasteiger partial charge in [-0.05, 0) is 31.0 Å². The number of hydrogen-bond donors (Lipinski definition) is 2. The van der Waals surface area contributed by atoms with E-state index >= 15 is 0 Å². The zero-order valence-corrected chi connectivity index (χ0v) is 12.7. The lowest BCUT2D eigenvalue weighted by Crippen LogP contribution is -2.36. The van der Waals surface area contributed by atoms with Gasteiger partial charge in [0.2, 0.25) is 0 Å². The summed E-state index contributed by atoms with van der Waals surface area (Å²) in [5.74, 6) is 0. The molecule has 0 bridgehead atoms. The van der Waals surface area contributed by atoms with E-state index in [1.807, 2.05) is 12.1 Å². The van der Waals surface area contributed by atoms with Gasteiger partial charge in [-0.3, -0.25) is 5.32 Å². The quantitative estimate of drug-likeness (QED) is 0.911. The Balaban J connectivity index is 2.11. The molecule has 20 heavy (non-hydrogen) atoms. The Kier molecular flexibility index (Phi) is 4.57. The van der Waals surface area contributed by atoms with E-state index in [-0.39, 0.29) is 12.6 Å². The molecule has 108 valence electrons. The summed E-state index contributed by atoms with van der Waals surface area (Å²) in [6.45, 7) is 4.04. The Morgan fingerprint density at radius 1 is 1.55 bits per heavy atom. The van der Waals surface area contributed by atoms with E-state index in [2.05, 4.69) is 23.3 Å². The van der Waals surface area contributed by atoms with Crippen molar-refractivity contribution in [3.63, 3.8) is 0 Å². The van der Waals surface area contributed by atoms with Gasteiger partial charge in [-0.2, -0.15) is 0 Å². The van der Waals surface area contributed by atoms with Crippen molar-refractivity contribution >= 4 is 32.7 Å². The number of thiazole rings is 1. The first-order chi connectivity index (χ1) is 9.49. The summed E-state index contributed by atoms with van der Waals surface area (Å²) in [6, 6.07) is 5.86. The van der Waals surface area contributed by atoms with E-state index in [9.17, 15) is 9.90 Å². The van der Waals surface area contributed by atoms with Gasteiger partial charge < -0.3 is 10.0 Å². The Morgan fingerprint density at radius 3 is 2.95 bits per heavy atom. The van der Waals surface area contributed by atoms with Crippen molar-refractivity contribution in [3.05, 3.63) is 23.8 Å². The summed E-state index contributed by atoms with van der Waals surface area (Å²) in [4.78, 5) is 17.7. The van der Waals surface area contributed by atoms with Gasteiger partial charge in [-0.25, -0.2) is 9.78 Å². The van der Waals surface area contributed by atoms with Gasteiger partial charge in [0.05, 0.1) is 16.3 Å². The van der Waals surface area contributed by atoms with Crippen molar-refractivity contribution in [2.45, 2.75) is 26.4 Å². The fourth-order valence-electron chi connectivity index (χ4n) is 1.91. The van der Waals surface area contributed by atoms with Gasteiger partial charge in [-0.1, -0.05) is 24.3 Å². The predicted octanol–water partition coefficient (Wildman–Crippen LogP) is 2.70. The minimum Gasteiger partial charge on any atom is -0.392 e. The number of benzene rings is 1. The highest BCUT2D eigenvalue weighted by Crippen LogP contribution is 2.27. The van der Waals surface area contributed by atoms with Crippen molar-refractivity contribution in [1.82, 2.24) is 9.88 Å². The highest BCUT2D eigenvalue weighted by Gasteiger charge is 2.13. The first kappa shape index (κ1) is 14.7. The molecule has 1 aromatic carbocycles. The first-order valence-electron chi connectivity index (χ1n) is 6.59. The maximum atomic E-state index is 11.9. The van der Waals surface area contributed by atoms with Gasteiger partial charge in [-0.15, -0.1) is 0 Å². The monoisotopic (exact) mass is 293 g/mol. The number of nitrogens with zero attached hydrogens (tertiary/aromatic N) is 2. The number of urea groups is 1. The molecule has 2 N–H and O–H groups in total. The van der Waals surface area contributed by atoms with Crippen LogP contribution in [0.3, 0.4) is 0 Å². The number of anilines is 1. The van der Waals surface area contributed by atoms with Crippen LogP contribution < -0.4 is 5.32 Å². The van der Waals surface area contributed by atoms with E-state index in [1.54, 1.807) is 14.0 Å². The lowest BCUT2D eigenvalue weighted by Gasteiger charge is -2.18. The van der Waals surface area contributed by atoms with E-state index in [0.717, 1.165) is 16.6 Å². The molecule has 0 saturated heterocycles. The Hall–Kier alpha value is -1.66. The second kappa shape index (κ2) is 6.19. The standard InChI is InChI=1S/C14H19N3O2S/c1-4-10-5-6-11-12(7-10)20-13(15-11)16-14(19)17(3)8-9(2)18/h5-7,9,18H,4,8H2,1-3H3,(H,15,16,19). The number of aliphatic hydroxyl groups is 1. The van der Waals surface area contributed by atoms with Crippen molar-refractivity contribution in [2.24, 2.45) is 0 Å². The molecule has 6 heteroatoms. The Bertz CT molecular complexity index is 609. The predicted molar refractivity (Wildman–Crippen MR) is 82.3 cm³/mol. The zero-order valence-electron chi connectivity index (χ0n) is 11.9. The number of carbonyl (C=O) groups excluding carboxylic acids is 1. The van der Waals surface area contributed by atoms with Crippen LogP contribution in [0.5, 0.6) is 0 Å². The van der Waals surface area contributed by atoms with Gasteiger partial charge in [0.1, 0.15) is 0 Å². The molecule has 2 rings (SSSR count). The molecule has 1 atom stereocenters. The summed E-state index contributed by atoms with van der Waals surface area (Å²) in [6.07, 6.45) is 0.431. The van der Waals surface area contributed by atoms with Crippen LogP contribution in [-0.2, 0) is 6.42 Å². The molecule has 2 aromatic rings. The van der Waals surface area contributed by atoms with E-state index < -0.39 is 6.10 Å². The van der Waals surface area contributed by atoms with Crippen LogP contribution in [0.15, 0.2) is 18.2 Å². The van der Waals surface area contributed by atoms with E-state index in [4.69, 9.17) is 0 Å². The number of amides is 2. The molecule has 0 aliphatic carbocycles. The fraction of sp³-hybridized carbons (Fsp3) is 0.429. The van der Waals surface area contributed by atoms with Gasteiger partial charge >= 0.3 is 6.03 Å². The van der Waals surface area contributed by atoms with Crippen LogP contribution in [0.2, 0.25) is 0 Å². The highest BCUT2D eigenvalue weighted by molar-refractivity contribution is 7.22. The number of aromatic nitrogens is 1. The largest absolute Gasteiger partial charge is 0.392 e. The van der Waals surface area contributed by atoms with Crippen LogP contribution in [0, 0.1) is 0 Å². The number of carbonyl (C=O) groups is 1. The summed E-state index contributed by atoms with van der Waals surface area (Å²) < 4.78 is 1.07. The molecule has 0 aliphatic rings. The minimum absolute atomic E-state index is 0.263. The van der Waals surface area contributed by atoms with Gasteiger partial charge in [0, 0.05) is 13.6 Å².